The number of halogens is 3. The van der Waals surface area contributed by atoms with Crippen LogP contribution in [-0.4, -0.2) is 46.1 Å². The molecule has 0 fully saturated rings. The van der Waals surface area contributed by atoms with Gasteiger partial charge >= 0.3 is 46.1 Å². The first kappa shape index (κ1) is 34.4. The first-order valence-electron chi connectivity index (χ1n) is 5.38. The van der Waals surface area contributed by atoms with Crippen molar-refractivity contribution in [2.45, 2.75) is 13.3 Å². The van der Waals surface area contributed by atoms with Gasteiger partial charge in [-0.05, 0) is 12.0 Å². The van der Waals surface area contributed by atoms with Crippen molar-refractivity contribution in [3.8, 4) is 0 Å². The summed E-state index contributed by atoms with van der Waals surface area (Å²) in [5.74, 6) is 0. The zero-order valence-electron chi connectivity index (χ0n) is 14.8. The van der Waals surface area contributed by atoms with Crippen molar-refractivity contribution in [3.63, 3.8) is 0 Å². The van der Waals surface area contributed by atoms with Gasteiger partial charge in [-0.25, -0.2) is 0 Å². The van der Waals surface area contributed by atoms with Gasteiger partial charge in [0.15, 0.2) is 0 Å². The van der Waals surface area contributed by atoms with Crippen molar-refractivity contribution >= 4 is 107 Å². The molecule has 0 saturated carbocycles. The Kier molecular flexibility index (Phi) is 44.1. The van der Waals surface area contributed by atoms with Crippen LogP contribution in [0.1, 0.15) is 20.9 Å². The zero-order valence-corrected chi connectivity index (χ0v) is 22.2. The van der Waals surface area contributed by atoms with Gasteiger partial charge < -0.3 is 10.3 Å². The molecule has 2 aromatic rings. The Bertz CT molecular complexity index is 380. The zero-order chi connectivity index (χ0) is 12.9. The van der Waals surface area contributed by atoms with Gasteiger partial charge in [0.2, 0.25) is 0 Å². The molecule has 0 N–H and O–H groups in total. The topological polar surface area (TPSA) is 0 Å². The van der Waals surface area contributed by atoms with Crippen LogP contribution >= 0.6 is 61.2 Å². The summed E-state index contributed by atoms with van der Waals surface area (Å²) in [6.07, 6.45) is 1.14. The van der Waals surface area contributed by atoms with Crippen molar-refractivity contribution in [1.82, 2.24) is 0 Å². The van der Waals surface area contributed by atoms with E-state index in [2.05, 4.69) is 75.3 Å². The maximum atomic E-state index is 3.72. The monoisotopic (exact) mass is 644 g/mol. The minimum absolute atomic E-state index is 0. The van der Waals surface area contributed by atoms with Crippen LogP contribution in [0.5, 0.6) is 0 Å². The number of hydrogen-bond donors (Lipinski definition) is 0. The van der Waals surface area contributed by atoms with Crippen LogP contribution in [0.2, 0.25) is 0 Å². The van der Waals surface area contributed by atoms with Gasteiger partial charge in [-0.15, -0.1) is 36.1 Å². The predicted molar refractivity (Wildman–Crippen MR) is 130 cm³/mol. The minimum Gasteiger partial charge on any atom is -1.00 e. The Morgan fingerprint density at radius 2 is 1.19 bits per heavy atom. The van der Waals surface area contributed by atoms with E-state index in [1.54, 1.807) is 0 Å². The molecule has 0 amide bonds. The van der Waals surface area contributed by atoms with E-state index < -0.39 is 0 Å². The van der Waals surface area contributed by atoms with Crippen LogP contribution in [0.25, 0.3) is 0 Å². The summed E-state index contributed by atoms with van der Waals surface area (Å²) in [7, 11) is 0. The molecular formula is C16H23I3Mg2. The summed E-state index contributed by atoms with van der Waals surface area (Å²) in [4.78, 5) is 0. The number of rotatable bonds is 1. The Balaban J connectivity index is -0.0000000326. The molecule has 2 aromatic carbocycles. The molecule has 0 bridgehead atoms. The largest absolute Gasteiger partial charge is 2.00 e. The van der Waals surface area contributed by atoms with Gasteiger partial charge in [0.1, 0.15) is 0 Å². The molecule has 0 heterocycles. The van der Waals surface area contributed by atoms with Crippen molar-refractivity contribution < 1.29 is 2.85 Å². The van der Waals surface area contributed by atoms with E-state index in [1.165, 1.54) is 5.56 Å². The minimum atomic E-state index is 0. The Morgan fingerprint density at radius 3 is 1.38 bits per heavy atom. The average molecular weight is 645 g/mol. The van der Waals surface area contributed by atoms with Crippen LogP contribution in [0, 0.1) is 14.4 Å². The van der Waals surface area contributed by atoms with Gasteiger partial charge in [-0.1, -0.05) is 43.3 Å². The quantitative estimate of drug-likeness (QED) is 0.191. The van der Waals surface area contributed by atoms with E-state index in [1.807, 2.05) is 36.4 Å². The van der Waals surface area contributed by atoms with Crippen molar-refractivity contribution in [1.29, 1.82) is 0 Å². The molecule has 0 spiro atoms. The molecule has 0 saturated heterocycles. The normalized spacial score (nSPS) is 6.62. The second-order valence-corrected chi connectivity index (χ2v) is 3.32. The van der Waals surface area contributed by atoms with Crippen LogP contribution in [0.3, 0.4) is 0 Å². The van der Waals surface area contributed by atoms with Gasteiger partial charge in [0.25, 0.3) is 0 Å². The van der Waals surface area contributed by atoms with Crippen molar-refractivity contribution in [3.05, 3.63) is 86.1 Å². The van der Waals surface area contributed by atoms with E-state index in [9.17, 15) is 0 Å². The molecule has 0 radical (unpaired) electrons. The maximum absolute atomic E-state index is 3.72. The van der Waals surface area contributed by atoms with Gasteiger partial charge in [0, 0.05) is 37.2 Å². The van der Waals surface area contributed by atoms with E-state index in [-0.39, 0.29) is 80.4 Å². The molecule has 2 rings (SSSR count). The van der Waals surface area contributed by atoms with Crippen LogP contribution in [0.15, 0.2) is 60.7 Å². The summed E-state index contributed by atoms with van der Waals surface area (Å²) in [6, 6.07) is 20.3. The standard InChI is InChI=1S/C8H10.C7H7.CH3.I2.HI.2Mg.2H/c1-2-8-6-4-3-5-7-8;1-7-5-3-2-4-6-7;;1-2;;;;;/h3-7H,2H2,1H3;2-6H,1H2;1H3;;1H;;;;/q;2*-1;;;2*+2;2*-1. The maximum Gasteiger partial charge on any atom is 2.00 e. The van der Waals surface area contributed by atoms with E-state index >= 15 is 0 Å². The third kappa shape index (κ3) is 22.0. The Hall–Kier alpha value is 2.03. The molecular weight excluding hydrogens is 621 g/mol. The van der Waals surface area contributed by atoms with Gasteiger partial charge in [0.05, 0.1) is 0 Å². The molecule has 0 aliphatic carbocycles. The average Bonchev–Trinajstić information content (AvgIpc) is 2.43. The van der Waals surface area contributed by atoms with Crippen molar-refractivity contribution in [2.75, 3.05) is 0 Å². The molecule has 0 unspecified atom stereocenters. The fraction of sp³-hybridized carbons (Fsp3) is 0.125. The van der Waals surface area contributed by atoms with E-state index in [4.69, 9.17) is 0 Å². The molecule has 0 atom stereocenters. The molecule has 5 heteroatoms. The number of hydrogen-bond acceptors (Lipinski definition) is 0. The predicted octanol–water partition coefficient (Wildman–Crippen LogP) is 6.42. The SMILES string of the molecule is CCc1ccccc1.I.II.[CH2-]c1ccccc1.[CH3-].[H-].[H-].[Mg+2].[Mg+2]. The molecule has 0 aliphatic rings. The summed E-state index contributed by atoms with van der Waals surface area (Å²) in [5, 5.41) is 0. The molecule has 21 heavy (non-hydrogen) atoms. The van der Waals surface area contributed by atoms with E-state index in [0.717, 1.165) is 12.0 Å². The molecule has 112 valence electrons. The third-order valence-corrected chi connectivity index (χ3v) is 2.09. The fourth-order valence-corrected chi connectivity index (χ4v) is 1.19. The summed E-state index contributed by atoms with van der Waals surface area (Å²) in [6.45, 7) is 5.88. The Labute approximate surface area is 206 Å². The first-order chi connectivity index (χ1) is 8.33. The number of benzene rings is 2. The van der Waals surface area contributed by atoms with E-state index in [0.29, 0.717) is 0 Å². The summed E-state index contributed by atoms with van der Waals surface area (Å²) >= 11 is 4.24. The summed E-state index contributed by atoms with van der Waals surface area (Å²) in [5.41, 5.74) is 2.48. The second-order valence-electron chi connectivity index (χ2n) is 3.32. The number of aryl methyl sites for hydroxylation is 1. The third-order valence-electron chi connectivity index (χ3n) is 2.09. The van der Waals surface area contributed by atoms with Crippen LogP contribution < -0.4 is 0 Å². The smallest absolute Gasteiger partial charge is 1.00 e. The Morgan fingerprint density at radius 1 is 0.857 bits per heavy atom. The van der Waals surface area contributed by atoms with Crippen molar-refractivity contribution in [2.24, 2.45) is 0 Å². The summed E-state index contributed by atoms with van der Waals surface area (Å²) < 4.78 is 0. The second kappa shape index (κ2) is 26.9. The van der Waals surface area contributed by atoms with Gasteiger partial charge in [-0.2, -0.15) is 24.6 Å². The van der Waals surface area contributed by atoms with Crippen LogP contribution in [0.4, 0.5) is 0 Å². The van der Waals surface area contributed by atoms with Crippen LogP contribution in [-0.2, 0) is 6.42 Å². The molecule has 0 aromatic heterocycles. The molecule has 0 nitrogen and oxygen atoms in total. The van der Waals surface area contributed by atoms with Gasteiger partial charge in [-0.3, -0.25) is 0 Å². The molecule has 0 aliphatic heterocycles. The first-order valence-corrected chi connectivity index (χ1v) is 11.7. The fourth-order valence-electron chi connectivity index (χ4n) is 1.19.